The molecule has 0 radical (unpaired) electrons. The molecule has 1 saturated heterocycles. The molecule has 1 aliphatic rings. The van der Waals surface area contributed by atoms with Crippen LogP contribution >= 0.6 is 0 Å². The third-order valence-electron chi connectivity index (χ3n) is 2.81. The highest BCUT2D eigenvalue weighted by Gasteiger charge is 2.35. The molecule has 0 amide bonds. The molecule has 0 aliphatic carbocycles. The molecule has 5 heteroatoms. The zero-order chi connectivity index (χ0) is 12.1. The molecule has 1 aliphatic heterocycles. The van der Waals surface area contributed by atoms with Crippen molar-refractivity contribution in [3.05, 3.63) is 0 Å². The van der Waals surface area contributed by atoms with Crippen LogP contribution in [0.15, 0.2) is 0 Å². The van der Waals surface area contributed by atoms with E-state index >= 15 is 0 Å². The molecule has 0 spiro atoms. The van der Waals surface area contributed by atoms with Crippen molar-refractivity contribution < 1.29 is 24.2 Å². The smallest absolute Gasteiger partial charge is 0.308 e. The van der Waals surface area contributed by atoms with Crippen molar-refractivity contribution in [1.82, 2.24) is 0 Å². The first kappa shape index (κ1) is 13.1. The van der Waals surface area contributed by atoms with Gasteiger partial charge in [-0.1, -0.05) is 6.92 Å². The molecule has 4 atom stereocenters. The lowest BCUT2D eigenvalue weighted by Gasteiger charge is -2.35. The van der Waals surface area contributed by atoms with Gasteiger partial charge in [-0.2, -0.15) is 0 Å². The molecule has 5 nitrogen and oxygen atoms in total. The Balaban J connectivity index is 2.50. The molecule has 0 aromatic carbocycles. The average molecular weight is 230 g/mol. The van der Waals surface area contributed by atoms with Gasteiger partial charge in [-0.3, -0.25) is 4.79 Å². The summed E-state index contributed by atoms with van der Waals surface area (Å²) in [6.45, 7) is 3.80. The highest BCUT2D eigenvalue weighted by Crippen LogP contribution is 2.26. The van der Waals surface area contributed by atoms with E-state index in [1.54, 1.807) is 13.8 Å². The quantitative estimate of drug-likeness (QED) is 0.555. The van der Waals surface area contributed by atoms with Gasteiger partial charge in [0.1, 0.15) is 12.4 Å². The first-order chi connectivity index (χ1) is 7.58. The predicted octanol–water partition coefficient (Wildman–Crippen LogP) is 0.293. The summed E-state index contributed by atoms with van der Waals surface area (Å²) in [5.41, 5.74) is 0. The molecule has 0 unspecified atom stereocenters. The number of ether oxygens (including phenoxy) is 2. The van der Waals surface area contributed by atoms with Crippen molar-refractivity contribution in [2.75, 3.05) is 6.61 Å². The number of aliphatic hydroxyl groups is 1. The maximum atomic E-state index is 11.2. The normalized spacial score (nSPS) is 34.4. The second-order valence-electron chi connectivity index (χ2n) is 4.03. The Morgan fingerprint density at radius 1 is 1.62 bits per heavy atom. The van der Waals surface area contributed by atoms with Gasteiger partial charge in [0.25, 0.3) is 0 Å². The van der Waals surface area contributed by atoms with E-state index in [1.165, 1.54) is 0 Å². The Labute approximate surface area is 94.7 Å². The van der Waals surface area contributed by atoms with Gasteiger partial charge in [-0.15, -0.1) is 0 Å². The molecular weight excluding hydrogens is 212 g/mol. The highest BCUT2D eigenvalue weighted by molar-refractivity contribution is 5.70. The van der Waals surface area contributed by atoms with Crippen LogP contribution in [0.25, 0.3) is 0 Å². The molecule has 16 heavy (non-hydrogen) atoms. The van der Waals surface area contributed by atoms with Gasteiger partial charge in [0.05, 0.1) is 25.2 Å². The standard InChI is InChI=1S/C11H18O5/c1-3-15-11(14)5-8-4-9(13)7(2)10(6-12)16-8/h6-10,13H,3-5H2,1-2H3/t7-,8-,9+,10-/m1/s1. The second kappa shape index (κ2) is 5.96. The lowest BCUT2D eigenvalue weighted by molar-refractivity contribution is -0.162. The van der Waals surface area contributed by atoms with Gasteiger partial charge in [0.15, 0.2) is 0 Å². The molecule has 0 bridgehead atoms. The van der Waals surface area contributed by atoms with Gasteiger partial charge in [-0.25, -0.2) is 0 Å². The molecule has 1 N–H and O–H groups in total. The van der Waals surface area contributed by atoms with Crippen molar-refractivity contribution in [3.8, 4) is 0 Å². The number of rotatable bonds is 4. The van der Waals surface area contributed by atoms with E-state index in [0.717, 1.165) is 0 Å². The largest absolute Gasteiger partial charge is 0.466 e. The average Bonchev–Trinajstić information content (AvgIpc) is 2.23. The van der Waals surface area contributed by atoms with Crippen molar-refractivity contribution in [2.45, 2.75) is 45.0 Å². The summed E-state index contributed by atoms with van der Waals surface area (Å²) in [7, 11) is 0. The third kappa shape index (κ3) is 3.28. The van der Waals surface area contributed by atoms with Crippen LogP contribution in [0, 0.1) is 5.92 Å². The number of hydrogen-bond acceptors (Lipinski definition) is 5. The van der Waals surface area contributed by atoms with Crippen molar-refractivity contribution in [1.29, 1.82) is 0 Å². The Hall–Kier alpha value is -0.940. The van der Waals surface area contributed by atoms with E-state index in [-0.39, 0.29) is 18.3 Å². The predicted molar refractivity (Wildman–Crippen MR) is 55.8 cm³/mol. The van der Waals surface area contributed by atoms with Crippen molar-refractivity contribution in [2.24, 2.45) is 5.92 Å². The second-order valence-corrected chi connectivity index (χ2v) is 4.03. The Morgan fingerprint density at radius 3 is 2.88 bits per heavy atom. The Bertz CT molecular complexity index is 253. The van der Waals surface area contributed by atoms with E-state index in [0.29, 0.717) is 19.3 Å². The first-order valence-corrected chi connectivity index (χ1v) is 5.52. The number of esters is 1. The summed E-state index contributed by atoms with van der Waals surface area (Å²) in [6, 6.07) is 0. The van der Waals surface area contributed by atoms with Gasteiger partial charge in [0.2, 0.25) is 0 Å². The summed E-state index contributed by atoms with van der Waals surface area (Å²) in [5, 5.41) is 9.70. The van der Waals surface area contributed by atoms with Gasteiger partial charge < -0.3 is 19.4 Å². The summed E-state index contributed by atoms with van der Waals surface area (Å²) in [6.07, 6.45) is -0.552. The number of aldehydes is 1. The van der Waals surface area contributed by atoms with E-state index in [2.05, 4.69) is 0 Å². The van der Waals surface area contributed by atoms with Gasteiger partial charge >= 0.3 is 5.97 Å². The minimum atomic E-state index is -0.636. The van der Waals surface area contributed by atoms with Crippen molar-refractivity contribution >= 4 is 12.3 Å². The van der Waals surface area contributed by atoms with Gasteiger partial charge in [-0.05, 0) is 6.92 Å². The molecule has 1 rings (SSSR count). The Kier molecular flexibility index (Phi) is 4.89. The molecule has 1 fully saturated rings. The van der Waals surface area contributed by atoms with Gasteiger partial charge in [0, 0.05) is 12.3 Å². The van der Waals surface area contributed by atoms with Crippen molar-refractivity contribution in [3.63, 3.8) is 0 Å². The maximum Gasteiger partial charge on any atom is 0.308 e. The van der Waals surface area contributed by atoms with Crippen LogP contribution in [-0.4, -0.2) is 42.3 Å². The Morgan fingerprint density at radius 2 is 2.31 bits per heavy atom. The summed E-state index contributed by atoms with van der Waals surface area (Å²) >= 11 is 0. The maximum absolute atomic E-state index is 11.2. The molecule has 1 heterocycles. The molecule has 0 aromatic rings. The minimum absolute atomic E-state index is 0.0853. The number of hydrogen-bond donors (Lipinski definition) is 1. The highest BCUT2D eigenvalue weighted by atomic mass is 16.5. The van der Waals surface area contributed by atoms with Crippen LogP contribution in [-0.2, 0) is 19.1 Å². The molecular formula is C11H18O5. The zero-order valence-corrected chi connectivity index (χ0v) is 9.59. The van der Waals surface area contributed by atoms with E-state index < -0.39 is 18.3 Å². The molecule has 92 valence electrons. The number of carbonyl (C=O) groups is 2. The fourth-order valence-corrected chi connectivity index (χ4v) is 1.80. The zero-order valence-electron chi connectivity index (χ0n) is 9.59. The van der Waals surface area contributed by atoms with Crippen LogP contribution in [0.3, 0.4) is 0 Å². The van der Waals surface area contributed by atoms with Crippen LogP contribution in [0.1, 0.15) is 26.7 Å². The van der Waals surface area contributed by atoms with Crippen LogP contribution < -0.4 is 0 Å². The summed E-state index contributed by atoms with van der Waals surface area (Å²) in [5.74, 6) is -0.588. The summed E-state index contributed by atoms with van der Waals surface area (Å²) in [4.78, 5) is 21.9. The monoisotopic (exact) mass is 230 g/mol. The number of aliphatic hydroxyl groups excluding tert-OH is 1. The number of carbonyl (C=O) groups excluding carboxylic acids is 2. The van der Waals surface area contributed by atoms with Crippen LogP contribution in [0.5, 0.6) is 0 Å². The van der Waals surface area contributed by atoms with E-state index in [4.69, 9.17) is 9.47 Å². The SMILES string of the molecule is CCOC(=O)C[C@H]1C[C@H](O)[C@@H](C)[C@@H](C=O)O1. The van der Waals surface area contributed by atoms with E-state index in [1.807, 2.05) is 0 Å². The first-order valence-electron chi connectivity index (χ1n) is 5.52. The van der Waals surface area contributed by atoms with Crippen LogP contribution in [0.2, 0.25) is 0 Å². The lowest BCUT2D eigenvalue weighted by atomic mass is 9.90. The fourth-order valence-electron chi connectivity index (χ4n) is 1.80. The molecule has 0 saturated carbocycles. The van der Waals surface area contributed by atoms with E-state index in [9.17, 15) is 14.7 Å². The minimum Gasteiger partial charge on any atom is -0.466 e. The van der Waals surface area contributed by atoms with Crippen LogP contribution in [0.4, 0.5) is 0 Å². The third-order valence-corrected chi connectivity index (χ3v) is 2.81. The molecule has 0 aromatic heterocycles. The lowest BCUT2D eigenvalue weighted by Crippen LogP contribution is -2.44. The fraction of sp³-hybridized carbons (Fsp3) is 0.818. The summed E-state index contributed by atoms with van der Waals surface area (Å²) < 4.78 is 10.2. The topological polar surface area (TPSA) is 72.8 Å².